The van der Waals surface area contributed by atoms with E-state index in [1.807, 2.05) is 6.92 Å². The van der Waals surface area contributed by atoms with Crippen LogP contribution in [0.5, 0.6) is 0 Å². The van der Waals surface area contributed by atoms with Crippen LogP contribution in [-0.2, 0) is 4.79 Å². The van der Waals surface area contributed by atoms with Gasteiger partial charge in [0.2, 0.25) is 0 Å². The minimum absolute atomic E-state index is 0.424. The summed E-state index contributed by atoms with van der Waals surface area (Å²) in [4.78, 5) is 16.2. The molecule has 1 saturated heterocycles. The average Bonchev–Trinajstić information content (AvgIpc) is 3.14. The molecule has 1 saturated carbocycles. The fraction of sp³-hybridized carbons (Fsp3) is 0.929. The highest BCUT2D eigenvalue weighted by Gasteiger charge is 2.38. The van der Waals surface area contributed by atoms with Gasteiger partial charge in [-0.25, -0.2) is 0 Å². The van der Waals surface area contributed by atoms with Gasteiger partial charge in [-0.05, 0) is 40.2 Å². The number of carboxylic acid groups (broad SMARTS) is 1. The summed E-state index contributed by atoms with van der Waals surface area (Å²) in [6, 6.07) is 0.980. The molecule has 2 unspecified atom stereocenters. The summed E-state index contributed by atoms with van der Waals surface area (Å²) in [5.41, 5.74) is -0.770. The van der Waals surface area contributed by atoms with Crippen molar-refractivity contribution in [3.05, 3.63) is 0 Å². The number of piperazine rings is 1. The minimum atomic E-state index is -0.770. The molecule has 2 aliphatic rings. The molecule has 2 atom stereocenters. The zero-order chi connectivity index (χ0) is 14.0. The molecular weight excluding hydrogens is 242 g/mol. The number of rotatable bonds is 6. The molecule has 110 valence electrons. The first-order chi connectivity index (χ1) is 8.90. The Morgan fingerprint density at radius 1 is 1.42 bits per heavy atom. The number of likely N-dealkylation sites (N-methyl/N-ethyl adjacent to an activating group) is 1. The van der Waals surface area contributed by atoms with Crippen LogP contribution in [0.4, 0.5) is 0 Å². The fourth-order valence-corrected chi connectivity index (χ4v) is 2.63. The van der Waals surface area contributed by atoms with Crippen molar-refractivity contribution in [2.75, 3.05) is 33.2 Å². The van der Waals surface area contributed by atoms with Gasteiger partial charge in [0.25, 0.3) is 0 Å². The van der Waals surface area contributed by atoms with Crippen LogP contribution in [0, 0.1) is 0 Å². The van der Waals surface area contributed by atoms with Gasteiger partial charge in [0, 0.05) is 38.3 Å². The van der Waals surface area contributed by atoms with Crippen LogP contribution in [0.15, 0.2) is 0 Å². The largest absolute Gasteiger partial charge is 0.480 e. The van der Waals surface area contributed by atoms with Crippen LogP contribution < -0.4 is 5.32 Å². The number of hydrogen-bond acceptors (Lipinski definition) is 4. The Morgan fingerprint density at radius 3 is 2.63 bits per heavy atom. The zero-order valence-electron chi connectivity index (χ0n) is 12.4. The molecule has 2 rings (SSSR count). The van der Waals surface area contributed by atoms with E-state index >= 15 is 0 Å². The summed E-state index contributed by atoms with van der Waals surface area (Å²) in [5.74, 6) is -0.721. The van der Waals surface area contributed by atoms with Gasteiger partial charge in [-0.3, -0.25) is 10.1 Å². The van der Waals surface area contributed by atoms with Gasteiger partial charge in [-0.15, -0.1) is 0 Å². The van der Waals surface area contributed by atoms with Crippen molar-refractivity contribution in [1.29, 1.82) is 0 Å². The molecule has 0 amide bonds. The van der Waals surface area contributed by atoms with E-state index in [1.165, 1.54) is 0 Å². The van der Waals surface area contributed by atoms with Crippen molar-refractivity contribution < 1.29 is 9.90 Å². The molecule has 1 heterocycles. The second-order valence-corrected chi connectivity index (χ2v) is 6.44. The summed E-state index contributed by atoms with van der Waals surface area (Å²) < 4.78 is 0. The number of hydrogen-bond donors (Lipinski definition) is 2. The molecule has 19 heavy (non-hydrogen) atoms. The van der Waals surface area contributed by atoms with Gasteiger partial charge in [-0.1, -0.05) is 0 Å². The molecule has 0 aromatic heterocycles. The lowest BCUT2D eigenvalue weighted by Crippen LogP contribution is -2.55. The first kappa shape index (κ1) is 14.8. The number of nitrogens with one attached hydrogen (secondary N) is 1. The molecule has 2 fully saturated rings. The van der Waals surface area contributed by atoms with E-state index in [0.717, 1.165) is 39.0 Å². The Bertz CT molecular complexity index is 333. The Hall–Kier alpha value is -0.650. The van der Waals surface area contributed by atoms with Crippen LogP contribution in [0.25, 0.3) is 0 Å². The topological polar surface area (TPSA) is 55.8 Å². The van der Waals surface area contributed by atoms with Gasteiger partial charge in [0.05, 0.1) is 0 Å². The molecule has 1 aliphatic carbocycles. The van der Waals surface area contributed by atoms with Crippen molar-refractivity contribution in [2.24, 2.45) is 0 Å². The standard InChI is InChI=1S/C14H27N3O2/c1-11-10-17(9-8-16(11)3)7-6-14(2,13(18)19)15-12-4-5-12/h11-12,15H,4-10H2,1-3H3,(H,18,19). The molecule has 0 aromatic carbocycles. The third kappa shape index (κ3) is 3.91. The number of aliphatic carboxylic acids is 1. The zero-order valence-corrected chi connectivity index (χ0v) is 12.4. The molecule has 0 radical (unpaired) electrons. The molecule has 0 bridgehead atoms. The normalized spacial score (nSPS) is 29.1. The maximum absolute atomic E-state index is 11.5. The summed E-state index contributed by atoms with van der Waals surface area (Å²) in [7, 11) is 2.15. The predicted molar refractivity (Wildman–Crippen MR) is 75.3 cm³/mol. The maximum Gasteiger partial charge on any atom is 0.323 e. The average molecular weight is 269 g/mol. The lowest BCUT2D eigenvalue weighted by atomic mass is 9.97. The van der Waals surface area contributed by atoms with Crippen molar-refractivity contribution in [3.8, 4) is 0 Å². The first-order valence-electron chi connectivity index (χ1n) is 7.34. The maximum atomic E-state index is 11.5. The SMILES string of the molecule is CC1CN(CCC(C)(NC2CC2)C(=O)O)CCN1C. The molecular formula is C14H27N3O2. The smallest absolute Gasteiger partial charge is 0.323 e. The Morgan fingerprint density at radius 2 is 2.11 bits per heavy atom. The van der Waals surface area contributed by atoms with Crippen LogP contribution in [0.1, 0.15) is 33.1 Å². The third-order valence-corrected chi connectivity index (χ3v) is 4.54. The van der Waals surface area contributed by atoms with Crippen LogP contribution >= 0.6 is 0 Å². The van der Waals surface area contributed by atoms with Crippen LogP contribution in [-0.4, -0.2) is 71.7 Å². The number of nitrogens with zero attached hydrogens (tertiary/aromatic N) is 2. The van der Waals surface area contributed by atoms with Crippen molar-refractivity contribution >= 4 is 5.97 Å². The van der Waals surface area contributed by atoms with Crippen molar-refractivity contribution in [1.82, 2.24) is 15.1 Å². The summed E-state index contributed by atoms with van der Waals surface area (Å²) in [6.07, 6.45) is 2.91. The number of carbonyl (C=O) groups is 1. The number of carboxylic acids is 1. The summed E-state index contributed by atoms with van der Waals surface area (Å²) in [5, 5.41) is 12.7. The van der Waals surface area contributed by atoms with E-state index in [9.17, 15) is 9.90 Å². The Balaban J connectivity index is 1.83. The first-order valence-corrected chi connectivity index (χ1v) is 7.34. The molecule has 0 aromatic rings. The third-order valence-electron chi connectivity index (χ3n) is 4.54. The molecule has 0 spiro atoms. The van der Waals surface area contributed by atoms with Crippen LogP contribution in [0.2, 0.25) is 0 Å². The predicted octanol–water partition coefficient (Wildman–Crippen LogP) is 0.608. The quantitative estimate of drug-likeness (QED) is 0.740. The lowest BCUT2D eigenvalue weighted by Gasteiger charge is -2.39. The van der Waals surface area contributed by atoms with Gasteiger partial charge in [0.15, 0.2) is 0 Å². The van der Waals surface area contributed by atoms with E-state index in [4.69, 9.17) is 0 Å². The molecule has 1 aliphatic heterocycles. The van der Waals surface area contributed by atoms with Crippen molar-refractivity contribution in [2.45, 2.75) is 50.7 Å². The second-order valence-electron chi connectivity index (χ2n) is 6.44. The molecule has 5 nitrogen and oxygen atoms in total. The lowest BCUT2D eigenvalue weighted by molar-refractivity contribution is -0.144. The Kier molecular flexibility index (Phi) is 4.48. The van der Waals surface area contributed by atoms with Gasteiger partial charge >= 0.3 is 5.97 Å². The summed E-state index contributed by atoms with van der Waals surface area (Å²) >= 11 is 0. The highest BCUT2D eigenvalue weighted by Crippen LogP contribution is 2.24. The Labute approximate surface area is 115 Å². The van der Waals surface area contributed by atoms with E-state index in [0.29, 0.717) is 18.5 Å². The highest BCUT2D eigenvalue weighted by atomic mass is 16.4. The fourth-order valence-electron chi connectivity index (χ4n) is 2.63. The van der Waals surface area contributed by atoms with E-state index in [2.05, 4.69) is 29.1 Å². The van der Waals surface area contributed by atoms with Crippen molar-refractivity contribution in [3.63, 3.8) is 0 Å². The van der Waals surface area contributed by atoms with Gasteiger partial charge in [0.1, 0.15) is 5.54 Å². The van der Waals surface area contributed by atoms with E-state index in [-0.39, 0.29) is 0 Å². The van der Waals surface area contributed by atoms with E-state index in [1.54, 1.807) is 0 Å². The van der Waals surface area contributed by atoms with Crippen LogP contribution in [0.3, 0.4) is 0 Å². The van der Waals surface area contributed by atoms with E-state index < -0.39 is 11.5 Å². The molecule has 5 heteroatoms. The minimum Gasteiger partial charge on any atom is -0.480 e. The van der Waals surface area contributed by atoms with Gasteiger partial charge < -0.3 is 14.9 Å². The highest BCUT2D eigenvalue weighted by molar-refractivity contribution is 5.78. The van der Waals surface area contributed by atoms with Gasteiger partial charge in [-0.2, -0.15) is 0 Å². The monoisotopic (exact) mass is 269 g/mol. The molecule has 2 N–H and O–H groups in total. The second kappa shape index (κ2) is 5.77. The summed E-state index contributed by atoms with van der Waals surface area (Å²) in [6.45, 7) is 8.06.